The van der Waals surface area contributed by atoms with Crippen molar-refractivity contribution in [2.24, 2.45) is 5.92 Å². The number of nitrogens with zero attached hydrogens (tertiary/aromatic N) is 1. The molecular weight excluding hydrogens is 532 g/mol. The summed E-state index contributed by atoms with van der Waals surface area (Å²) in [6, 6.07) is 18.8. The summed E-state index contributed by atoms with van der Waals surface area (Å²) in [7, 11) is -1.02. The van der Waals surface area contributed by atoms with Crippen molar-refractivity contribution in [1.82, 2.24) is 9.62 Å². The van der Waals surface area contributed by atoms with Gasteiger partial charge in [0.25, 0.3) is 0 Å². The van der Waals surface area contributed by atoms with Crippen LogP contribution in [0.15, 0.2) is 71.6 Å². The molecule has 10 heteroatoms. The highest BCUT2D eigenvalue weighted by Crippen LogP contribution is 2.32. The molecule has 3 aromatic rings. The van der Waals surface area contributed by atoms with E-state index in [9.17, 15) is 23.1 Å². The van der Waals surface area contributed by atoms with Crippen molar-refractivity contribution in [1.29, 1.82) is 0 Å². The number of methoxy groups -OCH3 is 2. The fraction of sp³-hybridized carbons (Fsp3) is 0.333. The molecule has 0 aliphatic carbocycles. The third-order valence-electron chi connectivity index (χ3n) is 7.21. The van der Waals surface area contributed by atoms with Gasteiger partial charge < -0.3 is 19.9 Å². The first-order valence-corrected chi connectivity index (χ1v) is 14.5. The molecule has 0 bridgehead atoms. The number of amides is 1. The number of carbonyl (C=O) groups is 2. The van der Waals surface area contributed by atoms with Gasteiger partial charge in [-0.2, -0.15) is 4.31 Å². The Morgan fingerprint density at radius 1 is 1.02 bits per heavy atom. The van der Waals surface area contributed by atoms with Crippen molar-refractivity contribution in [3.63, 3.8) is 0 Å². The van der Waals surface area contributed by atoms with E-state index in [-0.39, 0.29) is 30.2 Å². The standard InChI is InChI=1S/C30H34N2O7S/c1-20-7-4-5-9-25(20)22-12-10-21(11-13-22)17-26(30(34)35)31-29(33)23-8-6-16-32(19-23)40(36,37)24-14-15-27(38-2)28(18-24)39-3/h4-5,7,9-15,18,23,26H,6,8,16-17,19H2,1-3H3,(H,31,33)(H,34,35)/t23?,26-/m0/s1. The largest absolute Gasteiger partial charge is 0.493 e. The van der Waals surface area contributed by atoms with E-state index in [0.29, 0.717) is 18.6 Å². The van der Waals surface area contributed by atoms with Crippen LogP contribution in [0.25, 0.3) is 11.1 Å². The van der Waals surface area contributed by atoms with Crippen LogP contribution in [0.5, 0.6) is 11.5 Å². The van der Waals surface area contributed by atoms with Crippen LogP contribution in [0, 0.1) is 12.8 Å². The molecule has 0 aromatic heterocycles. The fourth-order valence-corrected chi connectivity index (χ4v) is 6.48. The lowest BCUT2D eigenvalue weighted by molar-refractivity contribution is -0.142. The number of rotatable bonds is 10. The minimum atomic E-state index is -3.91. The molecule has 1 amide bonds. The van der Waals surface area contributed by atoms with Crippen molar-refractivity contribution in [2.45, 2.75) is 37.1 Å². The average Bonchev–Trinajstić information content (AvgIpc) is 2.97. The number of ether oxygens (including phenoxy) is 2. The van der Waals surface area contributed by atoms with Gasteiger partial charge in [-0.25, -0.2) is 13.2 Å². The van der Waals surface area contributed by atoms with Crippen molar-refractivity contribution >= 4 is 21.9 Å². The number of aliphatic carboxylic acids is 1. The number of benzene rings is 3. The van der Waals surface area contributed by atoms with E-state index in [2.05, 4.69) is 5.32 Å². The molecule has 212 valence electrons. The molecule has 9 nitrogen and oxygen atoms in total. The van der Waals surface area contributed by atoms with Crippen LogP contribution < -0.4 is 14.8 Å². The molecule has 0 saturated carbocycles. The molecule has 2 atom stereocenters. The normalized spacial score (nSPS) is 16.6. The quantitative estimate of drug-likeness (QED) is 0.382. The highest BCUT2D eigenvalue weighted by atomic mass is 32.2. The van der Waals surface area contributed by atoms with Crippen LogP contribution in [-0.2, 0) is 26.0 Å². The smallest absolute Gasteiger partial charge is 0.326 e. The van der Waals surface area contributed by atoms with E-state index >= 15 is 0 Å². The minimum absolute atomic E-state index is 0.0313. The Morgan fingerprint density at radius 2 is 1.73 bits per heavy atom. The Morgan fingerprint density at radius 3 is 2.38 bits per heavy atom. The van der Waals surface area contributed by atoms with Gasteiger partial charge in [0.1, 0.15) is 6.04 Å². The summed E-state index contributed by atoms with van der Waals surface area (Å²) in [5.74, 6) is -1.61. The van der Waals surface area contributed by atoms with Gasteiger partial charge >= 0.3 is 5.97 Å². The number of carboxylic acids is 1. The van der Waals surface area contributed by atoms with Crippen molar-refractivity contribution in [3.05, 3.63) is 77.9 Å². The lowest BCUT2D eigenvalue weighted by Gasteiger charge is -2.32. The maximum Gasteiger partial charge on any atom is 0.326 e. The molecule has 1 fully saturated rings. The molecular formula is C30H34N2O7S. The van der Waals surface area contributed by atoms with Gasteiger partial charge in [-0.1, -0.05) is 48.5 Å². The summed E-state index contributed by atoms with van der Waals surface area (Å²) in [4.78, 5) is 25.2. The molecule has 1 aliphatic rings. The Hall–Kier alpha value is -3.89. The van der Waals surface area contributed by atoms with Crippen LogP contribution in [-0.4, -0.2) is 63.1 Å². The number of sulfonamides is 1. The van der Waals surface area contributed by atoms with Crippen LogP contribution >= 0.6 is 0 Å². The molecule has 2 N–H and O–H groups in total. The molecule has 3 aromatic carbocycles. The monoisotopic (exact) mass is 566 g/mol. The van der Waals surface area contributed by atoms with Crippen molar-refractivity contribution in [2.75, 3.05) is 27.3 Å². The molecule has 1 unspecified atom stereocenters. The zero-order valence-corrected chi connectivity index (χ0v) is 23.6. The maximum absolute atomic E-state index is 13.3. The van der Waals surface area contributed by atoms with E-state index in [0.717, 1.165) is 22.3 Å². The van der Waals surface area contributed by atoms with E-state index in [1.54, 1.807) is 0 Å². The van der Waals surface area contributed by atoms with Crippen LogP contribution in [0.2, 0.25) is 0 Å². The first-order chi connectivity index (χ1) is 19.1. The SMILES string of the molecule is COc1ccc(S(=O)(=O)N2CCCC(C(=O)N[C@@H](Cc3ccc(-c4ccccc4C)cc3)C(=O)O)C2)cc1OC. The number of carbonyl (C=O) groups excluding carboxylic acids is 1. The number of piperidine rings is 1. The summed E-state index contributed by atoms with van der Waals surface area (Å²) < 4.78 is 38.4. The second kappa shape index (κ2) is 12.5. The molecule has 0 spiro atoms. The first kappa shape index (κ1) is 29.1. The summed E-state index contributed by atoms with van der Waals surface area (Å²) in [5.41, 5.74) is 4.03. The van der Waals surface area contributed by atoms with E-state index in [4.69, 9.17) is 9.47 Å². The van der Waals surface area contributed by atoms with Gasteiger partial charge in [-0.15, -0.1) is 0 Å². The molecule has 1 aliphatic heterocycles. The van der Waals surface area contributed by atoms with Gasteiger partial charge in [0.05, 0.1) is 25.0 Å². The zero-order valence-electron chi connectivity index (χ0n) is 22.8. The number of hydrogen-bond donors (Lipinski definition) is 2. The second-order valence-corrected chi connectivity index (χ2v) is 11.8. The highest BCUT2D eigenvalue weighted by Gasteiger charge is 2.35. The number of hydrogen-bond acceptors (Lipinski definition) is 6. The fourth-order valence-electron chi connectivity index (χ4n) is 4.94. The zero-order chi connectivity index (χ0) is 28.9. The Labute approximate surface area is 234 Å². The van der Waals surface area contributed by atoms with Crippen LogP contribution in [0.1, 0.15) is 24.0 Å². The Balaban J connectivity index is 1.43. The van der Waals surface area contributed by atoms with Crippen molar-refractivity contribution < 1.29 is 32.6 Å². The maximum atomic E-state index is 13.3. The predicted molar refractivity (Wildman–Crippen MR) is 151 cm³/mol. The third kappa shape index (κ3) is 6.46. The summed E-state index contributed by atoms with van der Waals surface area (Å²) in [6.07, 6.45) is 1.04. The van der Waals surface area contributed by atoms with Crippen molar-refractivity contribution in [3.8, 4) is 22.6 Å². The lowest BCUT2D eigenvalue weighted by atomic mass is 9.96. The van der Waals surface area contributed by atoms with Crippen LogP contribution in [0.3, 0.4) is 0 Å². The van der Waals surface area contributed by atoms with Gasteiger partial charge in [-0.3, -0.25) is 4.79 Å². The number of nitrogens with one attached hydrogen (secondary N) is 1. The number of carboxylic acid groups (broad SMARTS) is 1. The number of aryl methyl sites for hydroxylation is 1. The summed E-state index contributed by atoms with van der Waals surface area (Å²) >= 11 is 0. The molecule has 4 rings (SSSR count). The van der Waals surface area contributed by atoms with E-state index in [1.165, 1.54) is 36.7 Å². The van der Waals surface area contributed by atoms with Crippen LogP contribution in [0.4, 0.5) is 0 Å². The first-order valence-electron chi connectivity index (χ1n) is 13.0. The van der Waals surface area contributed by atoms with Gasteiger partial charge in [0.15, 0.2) is 11.5 Å². The lowest BCUT2D eigenvalue weighted by Crippen LogP contribution is -2.50. The Bertz CT molecular complexity index is 1470. The molecule has 0 radical (unpaired) electrons. The predicted octanol–water partition coefficient (Wildman–Crippen LogP) is 3.89. The topological polar surface area (TPSA) is 122 Å². The van der Waals surface area contributed by atoms with Gasteiger partial charge in [-0.05, 0) is 54.2 Å². The van der Waals surface area contributed by atoms with Gasteiger partial charge in [0.2, 0.25) is 15.9 Å². The summed E-state index contributed by atoms with van der Waals surface area (Å²) in [5, 5.41) is 12.5. The second-order valence-electron chi connectivity index (χ2n) is 9.83. The molecule has 1 saturated heterocycles. The highest BCUT2D eigenvalue weighted by molar-refractivity contribution is 7.89. The third-order valence-corrected chi connectivity index (χ3v) is 9.07. The summed E-state index contributed by atoms with van der Waals surface area (Å²) in [6.45, 7) is 2.25. The molecule has 1 heterocycles. The van der Waals surface area contributed by atoms with E-state index < -0.39 is 33.9 Å². The average molecular weight is 567 g/mol. The van der Waals surface area contributed by atoms with Gasteiger partial charge in [0, 0.05) is 25.6 Å². The minimum Gasteiger partial charge on any atom is -0.493 e. The molecule has 40 heavy (non-hydrogen) atoms. The Kier molecular flexibility index (Phi) is 9.11. The van der Waals surface area contributed by atoms with E-state index in [1.807, 2.05) is 55.5 Å².